The average Bonchev–Trinajstić information content (AvgIpc) is 3.32. The molecule has 114 valence electrons. The fourth-order valence-corrected chi connectivity index (χ4v) is 2.90. The van der Waals surface area contributed by atoms with Crippen LogP contribution in [0, 0.1) is 13.8 Å². The summed E-state index contributed by atoms with van der Waals surface area (Å²) in [5.41, 5.74) is 3.66. The van der Waals surface area contributed by atoms with Crippen molar-refractivity contribution >= 4 is 11.6 Å². The van der Waals surface area contributed by atoms with Crippen LogP contribution in [0.5, 0.6) is 5.75 Å². The van der Waals surface area contributed by atoms with Crippen LogP contribution in [0.4, 0.5) is 5.69 Å². The number of carbonyl (C=O) groups is 1. The van der Waals surface area contributed by atoms with Gasteiger partial charge in [0, 0.05) is 11.3 Å². The first kappa shape index (κ1) is 14.6. The summed E-state index contributed by atoms with van der Waals surface area (Å²) in [6.07, 6.45) is 1.73. The Balaban J connectivity index is 1.90. The number of anilines is 1. The maximum atomic E-state index is 12.9. The first-order valence-electron chi connectivity index (χ1n) is 7.59. The summed E-state index contributed by atoms with van der Waals surface area (Å²) < 4.78 is 5.43. The molecule has 0 bridgehead atoms. The van der Waals surface area contributed by atoms with Crippen LogP contribution in [0.15, 0.2) is 42.5 Å². The number of carbonyl (C=O) groups excluding carboxylic acids is 1. The maximum Gasteiger partial charge on any atom is 0.235 e. The highest BCUT2D eigenvalue weighted by molar-refractivity contribution is 6.02. The number of amides is 1. The monoisotopic (exact) mass is 295 g/mol. The van der Waals surface area contributed by atoms with Crippen molar-refractivity contribution in [2.75, 3.05) is 12.4 Å². The number of rotatable bonds is 4. The van der Waals surface area contributed by atoms with Crippen molar-refractivity contribution in [1.82, 2.24) is 0 Å². The SMILES string of the molecule is COc1ccccc1C1(C(=O)Nc2cc(C)ccc2C)CC1. The van der Waals surface area contributed by atoms with Crippen molar-refractivity contribution < 1.29 is 9.53 Å². The van der Waals surface area contributed by atoms with E-state index in [-0.39, 0.29) is 5.91 Å². The summed E-state index contributed by atoms with van der Waals surface area (Å²) in [6.45, 7) is 4.04. The van der Waals surface area contributed by atoms with Crippen LogP contribution in [-0.4, -0.2) is 13.0 Å². The van der Waals surface area contributed by atoms with Gasteiger partial charge in [0.25, 0.3) is 0 Å². The predicted octanol–water partition coefficient (Wildman–Crippen LogP) is 3.98. The van der Waals surface area contributed by atoms with E-state index in [2.05, 4.69) is 11.4 Å². The molecule has 2 aromatic rings. The Morgan fingerprint density at radius 1 is 1.14 bits per heavy atom. The first-order valence-corrected chi connectivity index (χ1v) is 7.59. The zero-order valence-corrected chi connectivity index (χ0v) is 13.3. The third-order valence-electron chi connectivity index (χ3n) is 4.45. The fraction of sp³-hybridized carbons (Fsp3) is 0.316. The molecule has 0 heterocycles. The number of nitrogens with one attached hydrogen (secondary N) is 1. The Morgan fingerprint density at radius 3 is 2.55 bits per heavy atom. The van der Waals surface area contributed by atoms with E-state index in [0.29, 0.717) is 0 Å². The summed E-state index contributed by atoms with van der Waals surface area (Å²) in [6, 6.07) is 13.9. The number of benzene rings is 2. The highest BCUT2D eigenvalue weighted by Crippen LogP contribution is 2.52. The van der Waals surface area contributed by atoms with Crippen molar-refractivity contribution in [3.63, 3.8) is 0 Å². The van der Waals surface area contributed by atoms with E-state index < -0.39 is 5.41 Å². The molecule has 1 aliphatic carbocycles. The van der Waals surface area contributed by atoms with Gasteiger partial charge in [0.05, 0.1) is 12.5 Å². The molecular weight excluding hydrogens is 274 g/mol. The Labute approximate surface area is 131 Å². The third kappa shape index (κ3) is 2.47. The van der Waals surface area contributed by atoms with Crippen molar-refractivity contribution in [2.24, 2.45) is 0 Å². The normalized spacial score (nSPS) is 15.2. The minimum atomic E-state index is -0.442. The minimum Gasteiger partial charge on any atom is -0.496 e. The van der Waals surface area contributed by atoms with Gasteiger partial charge in [-0.05, 0) is 49.9 Å². The predicted molar refractivity (Wildman–Crippen MR) is 88.5 cm³/mol. The number of ether oxygens (including phenoxy) is 1. The Hall–Kier alpha value is -2.29. The smallest absolute Gasteiger partial charge is 0.235 e. The van der Waals surface area contributed by atoms with E-state index in [4.69, 9.17) is 4.74 Å². The molecule has 1 N–H and O–H groups in total. The number of aryl methyl sites for hydroxylation is 2. The lowest BCUT2D eigenvalue weighted by Crippen LogP contribution is -2.28. The molecular formula is C19H21NO2. The van der Waals surface area contributed by atoms with Gasteiger partial charge >= 0.3 is 0 Å². The zero-order valence-electron chi connectivity index (χ0n) is 13.3. The molecule has 3 rings (SSSR count). The number of methoxy groups -OCH3 is 1. The third-order valence-corrected chi connectivity index (χ3v) is 4.45. The van der Waals surface area contributed by atoms with Crippen molar-refractivity contribution in [2.45, 2.75) is 32.1 Å². The van der Waals surface area contributed by atoms with Gasteiger partial charge in [0.1, 0.15) is 5.75 Å². The maximum absolute atomic E-state index is 12.9. The Morgan fingerprint density at radius 2 is 1.86 bits per heavy atom. The van der Waals surface area contributed by atoms with Crippen molar-refractivity contribution in [1.29, 1.82) is 0 Å². The fourth-order valence-electron chi connectivity index (χ4n) is 2.90. The van der Waals surface area contributed by atoms with Gasteiger partial charge in [-0.3, -0.25) is 4.79 Å². The molecule has 22 heavy (non-hydrogen) atoms. The first-order chi connectivity index (χ1) is 10.6. The van der Waals surface area contributed by atoms with E-state index in [1.807, 2.05) is 50.2 Å². The van der Waals surface area contributed by atoms with Crippen LogP contribution in [0.2, 0.25) is 0 Å². The molecule has 3 heteroatoms. The zero-order chi connectivity index (χ0) is 15.7. The molecule has 0 aromatic heterocycles. The lowest BCUT2D eigenvalue weighted by molar-refractivity contribution is -0.118. The molecule has 0 aliphatic heterocycles. The largest absolute Gasteiger partial charge is 0.496 e. The molecule has 0 spiro atoms. The molecule has 1 saturated carbocycles. The van der Waals surface area contributed by atoms with Crippen LogP contribution in [-0.2, 0) is 10.2 Å². The Bertz CT molecular complexity index is 717. The molecule has 3 nitrogen and oxygen atoms in total. The van der Waals surface area contributed by atoms with Crippen LogP contribution in [0.1, 0.15) is 29.5 Å². The van der Waals surface area contributed by atoms with Gasteiger partial charge in [-0.1, -0.05) is 30.3 Å². The van der Waals surface area contributed by atoms with Crippen LogP contribution in [0.25, 0.3) is 0 Å². The van der Waals surface area contributed by atoms with E-state index in [1.165, 1.54) is 0 Å². The lowest BCUT2D eigenvalue weighted by Gasteiger charge is -2.19. The summed E-state index contributed by atoms with van der Waals surface area (Å²) in [5.74, 6) is 0.849. The number of hydrogen-bond acceptors (Lipinski definition) is 2. The molecule has 0 saturated heterocycles. The molecule has 1 amide bonds. The highest BCUT2D eigenvalue weighted by Gasteiger charge is 2.52. The summed E-state index contributed by atoms with van der Waals surface area (Å²) in [4.78, 5) is 12.9. The number of para-hydroxylation sites is 1. The average molecular weight is 295 g/mol. The summed E-state index contributed by atoms with van der Waals surface area (Å²) in [5, 5.41) is 3.11. The van der Waals surface area contributed by atoms with Gasteiger partial charge in [-0.25, -0.2) is 0 Å². The molecule has 1 aliphatic rings. The van der Waals surface area contributed by atoms with Crippen LogP contribution >= 0.6 is 0 Å². The molecule has 0 radical (unpaired) electrons. The molecule has 1 fully saturated rings. The van der Waals surface area contributed by atoms with Gasteiger partial charge < -0.3 is 10.1 Å². The van der Waals surface area contributed by atoms with Crippen LogP contribution in [0.3, 0.4) is 0 Å². The van der Waals surface area contributed by atoms with Gasteiger partial charge in [-0.15, -0.1) is 0 Å². The molecule has 0 unspecified atom stereocenters. The van der Waals surface area contributed by atoms with Crippen molar-refractivity contribution in [3.8, 4) is 5.75 Å². The van der Waals surface area contributed by atoms with E-state index >= 15 is 0 Å². The van der Waals surface area contributed by atoms with E-state index in [1.54, 1.807) is 7.11 Å². The summed E-state index contributed by atoms with van der Waals surface area (Å²) in [7, 11) is 1.65. The van der Waals surface area contributed by atoms with Crippen molar-refractivity contribution in [3.05, 3.63) is 59.2 Å². The van der Waals surface area contributed by atoms with E-state index in [9.17, 15) is 4.79 Å². The topological polar surface area (TPSA) is 38.3 Å². The Kier molecular flexibility index (Phi) is 3.65. The highest BCUT2D eigenvalue weighted by atomic mass is 16.5. The van der Waals surface area contributed by atoms with Gasteiger partial charge in [0.15, 0.2) is 0 Å². The lowest BCUT2D eigenvalue weighted by atomic mass is 9.93. The second-order valence-corrected chi connectivity index (χ2v) is 6.05. The van der Waals surface area contributed by atoms with Crippen LogP contribution < -0.4 is 10.1 Å². The minimum absolute atomic E-state index is 0.0608. The second-order valence-electron chi connectivity index (χ2n) is 6.05. The van der Waals surface area contributed by atoms with Gasteiger partial charge in [0.2, 0.25) is 5.91 Å². The van der Waals surface area contributed by atoms with Gasteiger partial charge in [-0.2, -0.15) is 0 Å². The van der Waals surface area contributed by atoms with E-state index in [0.717, 1.165) is 41.0 Å². The quantitative estimate of drug-likeness (QED) is 0.926. The second kappa shape index (κ2) is 5.48. The number of hydrogen-bond donors (Lipinski definition) is 1. The molecule has 0 atom stereocenters. The summed E-state index contributed by atoms with van der Waals surface area (Å²) >= 11 is 0. The molecule has 2 aromatic carbocycles. The standard InChI is InChI=1S/C19H21NO2/c1-13-8-9-14(2)16(12-13)20-18(21)19(10-11-19)15-6-4-5-7-17(15)22-3/h4-9,12H,10-11H2,1-3H3,(H,20,21).